The fourth-order valence-electron chi connectivity index (χ4n) is 2.43. The molecular formula is C15H19FN2O2. The monoisotopic (exact) mass is 278 g/mol. The summed E-state index contributed by atoms with van der Waals surface area (Å²) < 4.78 is 13.7. The number of amides is 2. The summed E-state index contributed by atoms with van der Waals surface area (Å²) in [6.45, 7) is 3.86. The van der Waals surface area contributed by atoms with E-state index in [4.69, 9.17) is 0 Å². The number of nitrogens with one attached hydrogen (secondary N) is 1. The Morgan fingerprint density at radius 1 is 1.35 bits per heavy atom. The average Bonchev–Trinajstić information content (AvgIpc) is 2.51. The number of hydrogen-bond acceptors (Lipinski definition) is 2. The zero-order chi connectivity index (χ0) is 14.7. The van der Waals surface area contributed by atoms with E-state index in [9.17, 15) is 14.0 Å². The fourth-order valence-corrected chi connectivity index (χ4v) is 2.43. The number of hydrogen-bond donors (Lipinski definition) is 1. The molecule has 2 unspecified atom stereocenters. The maximum absolute atomic E-state index is 13.7. The molecular weight excluding hydrogens is 259 g/mol. The van der Waals surface area contributed by atoms with Crippen LogP contribution in [0.25, 0.3) is 0 Å². The third kappa shape index (κ3) is 2.98. The number of carbonyl (C=O) groups is 2. The molecule has 1 aromatic rings. The van der Waals surface area contributed by atoms with Crippen LogP contribution in [0.3, 0.4) is 0 Å². The maximum Gasteiger partial charge on any atom is 0.245 e. The van der Waals surface area contributed by atoms with E-state index >= 15 is 0 Å². The van der Waals surface area contributed by atoms with Crippen LogP contribution in [0.5, 0.6) is 0 Å². The van der Waals surface area contributed by atoms with Gasteiger partial charge in [-0.1, -0.05) is 25.1 Å². The summed E-state index contributed by atoms with van der Waals surface area (Å²) in [5.74, 6) is -0.605. The van der Waals surface area contributed by atoms with E-state index in [-0.39, 0.29) is 36.6 Å². The molecule has 1 heterocycles. The van der Waals surface area contributed by atoms with E-state index in [0.29, 0.717) is 12.0 Å². The average molecular weight is 278 g/mol. The van der Waals surface area contributed by atoms with Gasteiger partial charge in [-0.15, -0.1) is 0 Å². The van der Waals surface area contributed by atoms with Gasteiger partial charge < -0.3 is 10.2 Å². The van der Waals surface area contributed by atoms with E-state index < -0.39 is 6.04 Å². The van der Waals surface area contributed by atoms with Crippen LogP contribution in [0.2, 0.25) is 0 Å². The van der Waals surface area contributed by atoms with Gasteiger partial charge in [0.2, 0.25) is 11.8 Å². The fraction of sp³-hybridized carbons (Fsp3) is 0.467. The lowest BCUT2D eigenvalue weighted by Crippen LogP contribution is -2.45. The van der Waals surface area contributed by atoms with Gasteiger partial charge in [0.25, 0.3) is 0 Å². The molecule has 1 saturated heterocycles. The van der Waals surface area contributed by atoms with Crippen LogP contribution in [-0.2, 0) is 16.1 Å². The van der Waals surface area contributed by atoms with Crippen LogP contribution in [0.15, 0.2) is 24.3 Å². The third-order valence-electron chi connectivity index (χ3n) is 3.64. The quantitative estimate of drug-likeness (QED) is 0.917. The topological polar surface area (TPSA) is 49.4 Å². The molecule has 1 aliphatic heterocycles. The molecule has 1 aromatic carbocycles. The molecule has 0 saturated carbocycles. The highest BCUT2D eigenvalue weighted by Crippen LogP contribution is 2.18. The van der Waals surface area contributed by atoms with Crippen LogP contribution < -0.4 is 5.32 Å². The first-order chi connectivity index (χ1) is 9.52. The largest absolute Gasteiger partial charge is 0.344 e. The van der Waals surface area contributed by atoms with Crippen molar-refractivity contribution in [3.63, 3.8) is 0 Å². The Labute approximate surface area is 118 Å². The zero-order valence-corrected chi connectivity index (χ0v) is 11.7. The van der Waals surface area contributed by atoms with Crippen molar-refractivity contribution in [1.29, 1.82) is 0 Å². The molecule has 0 spiro atoms. The number of benzene rings is 1. The molecule has 4 nitrogen and oxygen atoms in total. The van der Waals surface area contributed by atoms with Crippen LogP contribution in [-0.4, -0.2) is 28.8 Å². The van der Waals surface area contributed by atoms with Gasteiger partial charge in [0.15, 0.2) is 0 Å². The van der Waals surface area contributed by atoms with Gasteiger partial charge in [-0.3, -0.25) is 9.59 Å². The number of rotatable bonds is 3. The zero-order valence-electron chi connectivity index (χ0n) is 11.7. The molecule has 108 valence electrons. The van der Waals surface area contributed by atoms with Gasteiger partial charge in [0, 0.05) is 24.6 Å². The Morgan fingerprint density at radius 2 is 2.05 bits per heavy atom. The molecule has 1 aliphatic rings. The molecule has 0 aromatic heterocycles. The Morgan fingerprint density at radius 3 is 2.70 bits per heavy atom. The molecule has 1 fully saturated rings. The molecule has 0 radical (unpaired) electrons. The minimum atomic E-state index is -0.515. The first-order valence-corrected chi connectivity index (χ1v) is 6.86. The highest BCUT2D eigenvalue weighted by Gasteiger charge is 2.33. The van der Waals surface area contributed by atoms with Crippen molar-refractivity contribution in [3.8, 4) is 0 Å². The second kappa shape index (κ2) is 6.03. The minimum absolute atomic E-state index is 0.131. The number of nitrogens with zero attached hydrogens (tertiary/aromatic N) is 1. The van der Waals surface area contributed by atoms with E-state index in [0.717, 1.165) is 0 Å². The van der Waals surface area contributed by atoms with E-state index in [2.05, 4.69) is 5.32 Å². The lowest BCUT2D eigenvalue weighted by Gasteiger charge is -2.28. The molecule has 5 heteroatoms. The van der Waals surface area contributed by atoms with Crippen LogP contribution in [0.1, 0.15) is 32.3 Å². The second-order valence-electron chi connectivity index (χ2n) is 5.14. The summed E-state index contributed by atoms with van der Waals surface area (Å²) in [4.78, 5) is 25.7. The minimum Gasteiger partial charge on any atom is -0.344 e. The summed E-state index contributed by atoms with van der Waals surface area (Å²) in [7, 11) is 0. The highest BCUT2D eigenvalue weighted by molar-refractivity contribution is 5.90. The third-order valence-corrected chi connectivity index (χ3v) is 3.64. The van der Waals surface area contributed by atoms with Gasteiger partial charge >= 0.3 is 0 Å². The SMILES string of the molecule is CCC1NC(=O)CC(C)N(Cc2ccccc2F)C1=O. The summed E-state index contributed by atoms with van der Waals surface area (Å²) in [5.41, 5.74) is 0.469. The molecule has 2 amide bonds. The van der Waals surface area contributed by atoms with Crippen LogP contribution in [0, 0.1) is 5.82 Å². The maximum atomic E-state index is 13.7. The van der Waals surface area contributed by atoms with Gasteiger partial charge in [0.05, 0.1) is 0 Å². The Bertz CT molecular complexity index is 518. The van der Waals surface area contributed by atoms with E-state index in [1.165, 1.54) is 6.07 Å². The summed E-state index contributed by atoms with van der Waals surface area (Å²) >= 11 is 0. The molecule has 1 N–H and O–H groups in total. The van der Waals surface area contributed by atoms with Crippen molar-refractivity contribution < 1.29 is 14.0 Å². The summed E-state index contributed by atoms with van der Waals surface area (Å²) in [5, 5.41) is 2.72. The Kier molecular flexibility index (Phi) is 4.37. The summed E-state index contributed by atoms with van der Waals surface area (Å²) in [6.07, 6.45) is 0.780. The van der Waals surface area contributed by atoms with Crippen molar-refractivity contribution in [2.24, 2.45) is 0 Å². The lowest BCUT2D eigenvalue weighted by atomic mass is 10.1. The first kappa shape index (κ1) is 14.5. The van der Waals surface area contributed by atoms with Crippen molar-refractivity contribution in [2.75, 3.05) is 0 Å². The lowest BCUT2D eigenvalue weighted by molar-refractivity contribution is -0.135. The van der Waals surface area contributed by atoms with Crippen molar-refractivity contribution >= 4 is 11.8 Å². The van der Waals surface area contributed by atoms with Crippen molar-refractivity contribution in [2.45, 2.75) is 45.3 Å². The number of carbonyl (C=O) groups excluding carboxylic acids is 2. The Balaban J connectivity index is 2.25. The normalized spacial score (nSPS) is 23.4. The highest BCUT2D eigenvalue weighted by atomic mass is 19.1. The molecule has 2 atom stereocenters. The molecule has 2 rings (SSSR count). The predicted octanol–water partition coefficient (Wildman–Crippen LogP) is 1.84. The van der Waals surface area contributed by atoms with Crippen molar-refractivity contribution in [1.82, 2.24) is 10.2 Å². The molecule has 20 heavy (non-hydrogen) atoms. The number of halogens is 1. The Hall–Kier alpha value is -1.91. The van der Waals surface area contributed by atoms with Crippen molar-refractivity contribution in [3.05, 3.63) is 35.6 Å². The standard InChI is InChI=1S/C15H19FN2O2/c1-3-13-15(20)18(10(2)8-14(19)17-13)9-11-6-4-5-7-12(11)16/h4-7,10,13H,3,8-9H2,1-2H3,(H,17,19). The first-order valence-electron chi connectivity index (χ1n) is 6.86. The second-order valence-corrected chi connectivity index (χ2v) is 5.14. The van der Waals surface area contributed by atoms with E-state index in [1.54, 1.807) is 23.1 Å². The van der Waals surface area contributed by atoms with Gasteiger partial charge in [-0.25, -0.2) is 4.39 Å². The van der Waals surface area contributed by atoms with Gasteiger partial charge in [-0.05, 0) is 19.4 Å². The van der Waals surface area contributed by atoms with Crippen LogP contribution in [0.4, 0.5) is 4.39 Å². The van der Waals surface area contributed by atoms with E-state index in [1.807, 2.05) is 13.8 Å². The van der Waals surface area contributed by atoms with Gasteiger partial charge in [0.1, 0.15) is 11.9 Å². The van der Waals surface area contributed by atoms with Gasteiger partial charge in [-0.2, -0.15) is 0 Å². The van der Waals surface area contributed by atoms with Crippen LogP contribution >= 0.6 is 0 Å². The molecule has 0 bridgehead atoms. The smallest absolute Gasteiger partial charge is 0.245 e. The summed E-state index contributed by atoms with van der Waals surface area (Å²) in [6, 6.07) is 5.65. The predicted molar refractivity (Wildman–Crippen MR) is 73.3 cm³/mol. The molecule has 0 aliphatic carbocycles.